The lowest BCUT2D eigenvalue weighted by Crippen LogP contribution is -2.02. The second kappa shape index (κ2) is 7.11. The van der Waals surface area contributed by atoms with Crippen molar-refractivity contribution in [3.63, 3.8) is 0 Å². The summed E-state index contributed by atoms with van der Waals surface area (Å²) in [6.07, 6.45) is 0.609. The lowest BCUT2D eigenvalue weighted by atomic mass is 10.1. The summed E-state index contributed by atoms with van der Waals surface area (Å²) in [5.41, 5.74) is 9.14. The Morgan fingerprint density at radius 3 is 2.79 bits per heavy atom. The molecule has 0 spiro atoms. The normalized spacial score (nSPS) is 10.1. The van der Waals surface area contributed by atoms with E-state index in [1.807, 2.05) is 0 Å². The maximum Gasteiger partial charge on any atom is 0.315 e. The molecule has 0 aliphatic carbocycles. The van der Waals surface area contributed by atoms with Crippen LogP contribution < -0.4 is 11.1 Å². The summed E-state index contributed by atoms with van der Waals surface area (Å²) < 4.78 is 5.40. The third-order valence-corrected chi connectivity index (χ3v) is 2.76. The van der Waals surface area contributed by atoms with Crippen molar-refractivity contribution < 1.29 is 4.42 Å². The highest BCUT2D eigenvalue weighted by atomic mass is 35.5. The molecular formula is C13H19ClN4O. The molecule has 1 aromatic heterocycles. The number of anilines is 1. The van der Waals surface area contributed by atoms with Gasteiger partial charge in [0.2, 0.25) is 5.89 Å². The fourth-order valence-electron chi connectivity index (χ4n) is 1.71. The molecule has 0 aliphatic heterocycles. The third-order valence-electron chi connectivity index (χ3n) is 2.76. The van der Waals surface area contributed by atoms with Gasteiger partial charge in [-0.05, 0) is 25.0 Å². The molecule has 5 nitrogen and oxygen atoms in total. The number of aryl methyl sites for hydroxylation is 2. The van der Waals surface area contributed by atoms with Crippen molar-refractivity contribution in [1.82, 2.24) is 10.2 Å². The Balaban J connectivity index is 0.00000180. The van der Waals surface area contributed by atoms with Crippen LogP contribution in [0.4, 0.5) is 6.01 Å². The van der Waals surface area contributed by atoms with Gasteiger partial charge in [-0.2, -0.15) is 0 Å². The smallest absolute Gasteiger partial charge is 0.315 e. The van der Waals surface area contributed by atoms with Gasteiger partial charge < -0.3 is 15.5 Å². The van der Waals surface area contributed by atoms with E-state index in [4.69, 9.17) is 10.2 Å². The maximum absolute atomic E-state index is 5.42. The van der Waals surface area contributed by atoms with Crippen molar-refractivity contribution in [1.29, 1.82) is 0 Å². The van der Waals surface area contributed by atoms with Crippen molar-refractivity contribution in [2.24, 2.45) is 5.73 Å². The van der Waals surface area contributed by atoms with Gasteiger partial charge in [-0.1, -0.05) is 28.9 Å². The molecule has 0 atom stereocenters. The standard InChI is InChI=1S/C13H18N4O.ClH/c1-9-3-4-10(2)11(7-9)8-15-13-17-16-12(18-13)5-6-14;/h3-4,7H,5-6,8,14H2,1-2H3,(H,15,17);1H. The molecule has 104 valence electrons. The number of nitrogens with one attached hydrogen (secondary N) is 1. The Labute approximate surface area is 119 Å². The average molecular weight is 283 g/mol. The van der Waals surface area contributed by atoms with E-state index >= 15 is 0 Å². The summed E-state index contributed by atoms with van der Waals surface area (Å²) in [7, 11) is 0. The van der Waals surface area contributed by atoms with Crippen LogP contribution >= 0.6 is 12.4 Å². The summed E-state index contributed by atoms with van der Waals surface area (Å²) in [6.45, 7) is 5.36. The Kier molecular flexibility index (Phi) is 5.79. The predicted octanol–water partition coefficient (Wildman–Crippen LogP) is 2.22. The number of aromatic nitrogens is 2. The summed E-state index contributed by atoms with van der Waals surface area (Å²) in [4.78, 5) is 0. The minimum atomic E-state index is 0. The van der Waals surface area contributed by atoms with Crippen molar-refractivity contribution in [2.75, 3.05) is 11.9 Å². The lowest BCUT2D eigenvalue weighted by molar-refractivity contribution is 0.505. The molecule has 19 heavy (non-hydrogen) atoms. The quantitative estimate of drug-likeness (QED) is 0.879. The lowest BCUT2D eigenvalue weighted by Gasteiger charge is -2.06. The van der Waals surface area contributed by atoms with E-state index in [0.29, 0.717) is 31.4 Å². The zero-order chi connectivity index (χ0) is 13.0. The van der Waals surface area contributed by atoms with Crippen LogP contribution in [0.15, 0.2) is 22.6 Å². The van der Waals surface area contributed by atoms with Gasteiger partial charge in [-0.3, -0.25) is 0 Å². The van der Waals surface area contributed by atoms with Gasteiger partial charge in [0.15, 0.2) is 0 Å². The van der Waals surface area contributed by atoms with Gasteiger partial charge >= 0.3 is 6.01 Å². The molecule has 0 unspecified atom stereocenters. The van der Waals surface area contributed by atoms with E-state index in [2.05, 4.69) is 47.6 Å². The first-order valence-corrected chi connectivity index (χ1v) is 6.01. The monoisotopic (exact) mass is 282 g/mol. The van der Waals surface area contributed by atoms with E-state index in [0.717, 1.165) is 0 Å². The van der Waals surface area contributed by atoms with Crippen LogP contribution in [0, 0.1) is 13.8 Å². The molecule has 0 amide bonds. The number of benzene rings is 1. The van der Waals surface area contributed by atoms with Gasteiger partial charge in [-0.15, -0.1) is 17.5 Å². The van der Waals surface area contributed by atoms with Gasteiger partial charge in [0, 0.05) is 19.5 Å². The highest BCUT2D eigenvalue weighted by Gasteiger charge is 2.05. The van der Waals surface area contributed by atoms with Crippen LogP contribution in [0.5, 0.6) is 0 Å². The minimum absolute atomic E-state index is 0. The predicted molar refractivity (Wildman–Crippen MR) is 77.5 cm³/mol. The van der Waals surface area contributed by atoms with Crippen LogP contribution in [0.25, 0.3) is 0 Å². The molecule has 0 aliphatic rings. The second-order valence-electron chi connectivity index (χ2n) is 4.32. The molecule has 2 aromatic rings. The van der Waals surface area contributed by atoms with E-state index in [9.17, 15) is 0 Å². The number of hydrogen-bond donors (Lipinski definition) is 2. The maximum atomic E-state index is 5.42. The summed E-state index contributed by atoms with van der Waals surface area (Å²) in [5, 5.41) is 10.9. The summed E-state index contributed by atoms with van der Waals surface area (Å²) in [6, 6.07) is 6.81. The first kappa shape index (κ1) is 15.5. The second-order valence-corrected chi connectivity index (χ2v) is 4.32. The number of hydrogen-bond acceptors (Lipinski definition) is 5. The highest BCUT2D eigenvalue weighted by molar-refractivity contribution is 5.85. The van der Waals surface area contributed by atoms with Crippen LogP contribution in [0.3, 0.4) is 0 Å². The summed E-state index contributed by atoms with van der Waals surface area (Å²) >= 11 is 0. The summed E-state index contributed by atoms with van der Waals surface area (Å²) in [5.74, 6) is 0.570. The largest absolute Gasteiger partial charge is 0.408 e. The first-order valence-electron chi connectivity index (χ1n) is 6.01. The average Bonchev–Trinajstić information content (AvgIpc) is 2.79. The molecule has 2 rings (SSSR count). The topological polar surface area (TPSA) is 77.0 Å². The Hall–Kier alpha value is -1.59. The van der Waals surface area contributed by atoms with E-state index in [1.165, 1.54) is 16.7 Å². The van der Waals surface area contributed by atoms with Crippen LogP contribution in [-0.2, 0) is 13.0 Å². The van der Waals surface area contributed by atoms with Crippen molar-refractivity contribution in [2.45, 2.75) is 26.8 Å². The van der Waals surface area contributed by atoms with Crippen molar-refractivity contribution in [3.05, 3.63) is 40.8 Å². The van der Waals surface area contributed by atoms with Gasteiger partial charge in [0.25, 0.3) is 0 Å². The molecule has 3 N–H and O–H groups in total. The molecule has 0 saturated heterocycles. The first-order chi connectivity index (χ1) is 8.69. The number of nitrogens with two attached hydrogens (primary N) is 1. The fraction of sp³-hybridized carbons (Fsp3) is 0.385. The Morgan fingerprint density at radius 2 is 2.05 bits per heavy atom. The number of nitrogens with zero attached hydrogens (tertiary/aromatic N) is 2. The Bertz CT molecular complexity index is 527. The van der Waals surface area contributed by atoms with Crippen LogP contribution in [0.2, 0.25) is 0 Å². The zero-order valence-electron chi connectivity index (χ0n) is 11.1. The Morgan fingerprint density at radius 1 is 1.26 bits per heavy atom. The van der Waals surface area contributed by atoms with Crippen molar-refractivity contribution in [3.8, 4) is 0 Å². The SMILES string of the molecule is Cc1ccc(C)c(CNc2nnc(CCN)o2)c1.Cl. The molecule has 1 heterocycles. The van der Waals surface area contributed by atoms with E-state index in [-0.39, 0.29) is 12.4 Å². The van der Waals surface area contributed by atoms with Crippen molar-refractivity contribution >= 4 is 18.4 Å². The van der Waals surface area contributed by atoms with Gasteiger partial charge in [0.05, 0.1) is 0 Å². The van der Waals surface area contributed by atoms with Crippen LogP contribution in [-0.4, -0.2) is 16.7 Å². The molecule has 1 aromatic carbocycles. The molecular weight excluding hydrogens is 264 g/mol. The minimum Gasteiger partial charge on any atom is -0.408 e. The molecule has 0 radical (unpaired) electrons. The van der Waals surface area contributed by atoms with E-state index in [1.54, 1.807) is 0 Å². The number of halogens is 1. The zero-order valence-corrected chi connectivity index (χ0v) is 12.0. The molecule has 0 fully saturated rings. The molecule has 0 bridgehead atoms. The van der Waals surface area contributed by atoms with Crippen LogP contribution in [0.1, 0.15) is 22.6 Å². The van der Waals surface area contributed by atoms with E-state index < -0.39 is 0 Å². The van der Waals surface area contributed by atoms with Gasteiger partial charge in [0.1, 0.15) is 0 Å². The highest BCUT2D eigenvalue weighted by Crippen LogP contribution is 2.13. The number of rotatable bonds is 5. The third kappa shape index (κ3) is 4.22. The fourth-order valence-corrected chi connectivity index (χ4v) is 1.71. The molecule has 0 saturated carbocycles. The van der Waals surface area contributed by atoms with Gasteiger partial charge in [-0.25, -0.2) is 0 Å². The molecule has 6 heteroatoms.